The zero-order valence-electron chi connectivity index (χ0n) is 15.0. The minimum atomic E-state index is -0.588. The number of benzene rings is 2. The lowest BCUT2D eigenvalue weighted by Gasteiger charge is -2.07. The Bertz CT molecular complexity index is 1120. The van der Waals surface area contributed by atoms with Gasteiger partial charge in [-0.15, -0.1) is 0 Å². The van der Waals surface area contributed by atoms with Crippen molar-refractivity contribution >= 4 is 49.6 Å². The van der Waals surface area contributed by atoms with E-state index in [4.69, 9.17) is 9.15 Å². The van der Waals surface area contributed by atoms with Gasteiger partial charge in [0.2, 0.25) is 5.43 Å². The van der Waals surface area contributed by atoms with Gasteiger partial charge in [0.05, 0.1) is 21.8 Å². The second kappa shape index (κ2) is 8.62. The van der Waals surface area contributed by atoms with Gasteiger partial charge in [-0.25, -0.2) is 4.39 Å². The highest BCUT2D eigenvalue weighted by Crippen LogP contribution is 2.25. The van der Waals surface area contributed by atoms with Crippen molar-refractivity contribution in [2.75, 3.05) is 19.7 Å². The standard InChI is InChI=1S/C20H17BrFNO5/c1-2-5-23-9-19(25)27-10-16(24)11-3-4-17-12(6-11)20(26)13-7-15(22)14(21)8-18(13)28-17/h3-4,6-8,23H,2,5,9-10H2,1H3. The smallest absolute Gasteiger partial charge is 0.320 e. The zero-order valence-corrected chi connectivity index (χ0v) is 16.6. The molecule has 0 saturated heterocycles. The molecule has 0 fully saturated rings. The summed E-state index contributed by atoms with van der Waals surface area (Å²) >= 11 is 3.06. The zero-order chi connectivity index (χ0) is 20.3. The molecule has 0 radical (unpaired) electrons. The van der Waals surface area contributed by atoms with Crippen molar-refractivity contribution in [3.63, 3.8) is 0 Å². The molecular formula is C20H17BrFNO5. The molecule has 0 atom stereocenters. The maximum Gasteiger partial charge on any atom is 0.320 e. The van der Waals surface area contributed by atoms with Gasteiger partial charge in [-0.2, -0.15) is 0 Å². The molecule has 0 unspecified atom stereocenters. The first kappa shape index (κ1) is 20.2. The fraction of sp³-hybridized carbons (Fsp3) is 0.250. The van der Waals surface area contributed by atoms with Gasteiger partial charge in [0, 0.05) is 5.56 Å². The van der Waals surface area contributed by atoms with Crippen molar-refractivity contribution in [3.8, 4) is 0 Å². The summed E-state index contributed by atoms with van der Waals surface area (Å²) in [6.07, 6.45) is 0.876. The van der Waals surface area contributed by atoms with E-state index in [0.29, 0.717) is 6.54 Å². The van der Waals surface area contributed by atoms with Crippen molar-refractivity contribution in [1.82, 2.24) is 5.32 Å². The number of hydrogen-bond donors (Lipinski definition) is 1. The Labute approximate surface area is 167 Å². The number of esters is 1. The molecule has 0 aliphatic heterocycles. The van der Waals surface area contributed by atoms with Gasteiger partial charge in [0.15, 0.2) is 12.4 Å². The lowest BCUT2D eigenvalue weighted by molar-refractivity contribution is -0.141. The minimum absolute atomic E-state index is 0.0234. The Morgan fingerprint density at radius 1 is 1.18 bits per heavy atom. The molecule has 6 nitrogen and oxygen atoms in total. The second-order valence-electron chi connectivity index (χ2n) is 6.17. The van der Waals surface area contributed by atoms with E-state index in [-0.39, 0.29) is 38.5 Å². The molecule has 0 aliphatic carbocycles. The predicted molar refractivity (Wildman–Crippen MR) is 106 cm³/mol. The van der Waals surface area contributed by atoms with Gasteiger partial charge < -0.3 is 14.5 Å². The predicted octanol–water partition coefficient (Wildman–Crippen LogP) is 3.57. The maximum atomic E-state index is 13.8. The number of ketones is 1. The SMILES string of the molecule is CCCNCC(=O)OCC(=O)c1ccc2oc3cc(Br)c(F)cc3c(=O)c2c1. The molecule has 0 aliphatic rings. The fourth-order valence-electron chi connectivity index (χ4n) is 2.67. The third kappa shape index (κ3) is 4.28. The quantitative estimate of drug-likeness (QED) is 0.257. The van der Waals surface area contributed by atoms with Crippen LogP contribution in [0.3, 0.4) is 0 Å². The molecule has 8 heteroatoms. The highest BCUT2D eigenvalue weighted by atomic mass is 79.9. The summed E-state index contributed by atoms with van der Waals surface area (Å²) in [6, 6.07) is 6.82. The molecule has 3 aromatic rings. The Balaban J connectivity index is 1.85. The topological polar surface area (TPSA) is 85.6 Å². The number of carbonyl (C=O) groups excluding carboxylic acids is 2. The Hall–Kier alpha value is -2.58. The van der Waals surface area contributed by atoms with Crippen LogP contribution in [0, 0.1) is 5.82 Å². The number of fused-ring (bicyclic) bond motifs is 2. The molecule has 1 N–H and O–H groups in total. The minimum Gasteiger partial charge on any atom is -0.456 e. The average Bonchev–Trinajstić information content (AvgIpc) is 2.68. The third-order valence-corrected chi connectivity index (χ3v) is 4.70. The molecule has 0 amide bonds. The van der Waals surface area contributed by atoms with Crippen LogP contribution in [-0.4, -0.2) is 31.4 Å². The number of rotatable bonds is 7. The van der Waals surface area contributed by atoms with Gasteiger partial charge in [0.25, 0.3) is 0 Å². The van der Waals surface area contributed by atoms with Crippen LogP contribution >= 0.6 is 15.9 Å². The van der Waals surface area contributed by atoms with Crippen LogP contribution in [-0.2, 0) is 9.53 Å². The summed E-state index contributed by atoms with van der Waals surface area (Å²) in [5.41, 5.74) is 0.260. The maximum absolute atomic E-state index is 13.8. The number of ether oxygens (including phenoxy) is 1. The van der Waals surface area contributed by atoms with Crippen molar-refractivity contribution in [3.05, 3.63) is 56.4 Å². The summed E-state index contributed by atoms with van der Waals surface area (Å²) < 4.78 is 24.6. The van der Waals surface area contributed by atoms with Crippen LogP contribution in [0.15, 0.2) is 44.0 Å². The number of halogens is 2. The molecule has 0 saturated carbocycles. The molecule has 0 bridgehead atoms. The molecule has 3 rings (SSSR count). The monoisotopic (exact) mass is 449 g/mol. The van der Waals surface area contributed by atoms with E-state index in [9.17, 15) is 18.8 Å². The van der Waals surface area contributed by atoms with Crippen molar-refractivity contribution in [2.24, 2.45) is 0 Å². The highest BCUT2D eigenvalue weighted by molar-refractivity contribution is 9.10. The van der Waals surface area contributed by atoms with E-state index >= 15 is 0 Å². The molecule has 0 spiro atoms. The largest absolute Gasteiger partial charge is 0.456 e. The summed E-state index contributed by atoms with van der Waals surface area (Å²) in [4.78, 5) is 36.6. The third-order valence-electron chi connectivity index (χ3n) is 4.09. The summed E-state index contributed by atoms with van der Waals surface area (Å²) in [7, 11) is 0. The summed E-state index contributed by atoms with van der Waals surface area (Å²) in [6.45, 7) is 2.23. The van der Waals surface area contributed by atoms with Gasteiger partial charge >= 0.3 is 5.97 Å². The van der Waals surface area contributed by atoms with E-state index in [1.165, 1.54) is 24.3 Å². The van der Waals surface area contributed by atoms with Gasteiger partial charge in [-0.3, -0.25) is 14.4 Å². The number of Topliss-reactive ketones (excluding diaryl/α,β-unsaturated/α-hetero) is 1. The van der Waals surface area contributed by atoms with Crippen molar-refractivity contribution in [2.45, 2.75) is 13.3 Å². The first-order valence-electron chi connectivity index (χ1n) is 8.66. The van der Waals surface area contributed by atoms with Crippen molar-refractivity contribution in [1.29, 1.82) is 0 Å². The fourth-order valence-corrected chi connectivity index (χ4v) is 2.99. The summed E-state index contributed by atoms with van der Waals surface area (Å²) in [5.74, 6) is -1.57. The lowest BCUT2D eigenvalue weighted by atomic mass is 10.1. The normalized spacial score (nSPS) is 11.1. The van der Waals surface area contributed by atoms with Gasteiger partial charge in [0.1, 0.15) is 17.0 Å². The van der Waals surface area contributed by atoms with Crippen LogP contribution in [0.2, 0.25) is 0 Å². The van der Waals surface area contributed by atoms with Crippen LogP contribution in [0.4, 0.5) is 4.39 Å². The lowest BCUT2D eigenvalue weighted by Crippen LogP contribution is -2.27. The molecule has 1 aromatic heterocycles. The molecule has 1 heterocycles. The van der Waals surface area contributed by atoms with E-state index in [1.807, 2.05) is 6.92 Å². The number of carbonyl (C=O) groups is 2. The molecule has 146 valence electrons. The van der Waals surface area contributed by atoms with E-state index in [0.717, 1.165) is 12.5 Å². The second-order valence-corrected chi connectivity index (χ2v) is 7.02. The van der Waals surface area contributed by atoms with Crippen molar-refractivity contribution < 1.29 is 23.1 Å². The van der Waals surface area contributed by atoms with E-state index in [2.05, 4.69) is 21.2 Å². The molecular weight excluding hydrogens is 433 g/mol. The first-order valence-corrected chi connectivity index (χ1v) is 9.45. The number of hydrogen-bond acceptors (Lipinski definition) is 6. The molecule has 28 heavy (non-hydrogen) atoms. The Morgan fingerprint density at radius 3 is 2.68 bits per heavy atom. The van der Waals surface area contributed by atoms with Gasteiger partial charge in [-0.05, 0) is 59.2 Å². The first-order chi connectivity index (χ1) is 13.4. The van der Waals surface area contributed by atoms with Crippen LogP contribution in [0.5, 0.6) is 0 Å². The Kier molecular flexibility index (Phi) is 6.21. The van der Waals surface area contributed by atoms with Crippen LogP contribution in [0.25, 0.3) is 21.9 Å². The average molecular weight is 450 g/mol. The van der Waals surface area contributed by atoms with E-state index in [1.54, 1.807) is 0 Å². The van der Waals surface area contributed by atoms with E-state index < -0.39 is 29.6 Å². The van der Waals surface area contributed by atoms with Gasteiger partial charge in [-0.1, -0.05) is 6.92 Å². The molecule has 2 aromatic carbocycles. The summed E-state index contributed by atoms with van der Waals surface area (Å²) in [5, 5.41) is 3.11. The van der Waals surface area contributed by atoms with Crippen LogP contribution < -0.4 is 10.7 Å². The Morgan fingerprint density at radius 2 is 1.93 bits per heavy atom. The highest BCUT2D eigenvalue weighted by Gasteiger charge is 2.15. The number of nitrogens with one attached hydrogen (secondary N) is 1. The van der Waals surface area contributed by atoms with Crippen LogP contribution in [0.1, 0.15) is 23.7 Å².